The summed E-state index contributed by atoms with van der Waals surface area (Å²) in [6.45, 7) is 1.25. The number of benzene rings is 1. The van der Waals surface area contributed by atoms with Gasteiger partial charge in [-0.05, 0) is 43.2 Å². The molecule has 2 heterocycles. The highest BCUT2D eigenvalue weighted by molar-refractivity contribution is 8.15. The first-order valence-electron chi connectivity index (χ1n) is 8.81. The van der Waals surface area contributed by atoms with Crippen molar-refractivity contribution in [2.24, 2.45) is 16.6 Å². The van der Waals surface area contributed by atoms with Crippen LogP contribution in [0.2, 0.25) is 5.02 Å². The number of rotatable bonds is 5. The van der Waals surface area contributed by atoms with E-state index in [0.29, 0.717) is 22.6 Å². The van der Waals surface area contributed by atoms with E-state index in [1.807, 2.05) is 0 Å². The van der Waals surface area contributed by atoms with E-state index in [9.17, 15) is 13.6 Å². The number of amidine groups is 1. The van der Waals surface area contributed by atoms with Crippen molar-refractivity contribution in [2.45, 2.75) is 30.1 Å². The molecule has 1 aromatic heterocycles. The van der Waals surface area contributed by atoms with Crippen LogP contribution in [-0.4, -0.2) is 27.4 Å². The minimum Gasteiger partial charge on any atom is -0.378 e. The second kappa shape index (κ2) is 6.81. The summed E-state index contributed by atoms with van der Waals surface area (Å²) in [4.78, 5) is 21.0. The van der Waals surface area contributed by atoms with Crippen LogP contribution in [0.5, 0.6) is 0 Å². The van der Waals surface area contributed by atoms with Crippen molar-refractivity contribution in [2.75, 3.05) is 6.67 Å². The molecule has 1 fully saturated rings. The lowest BCUT2D eigenvalue weighted by molar-refractivity contribution is 0.0988. The monoisotopic (exact) mass is 421 g/mol. The first-order valence-corrected chi connectivity index (χ1v) is 10.0. The molecule has 1 aliphatic carbocycles. The lowest BCUT2D eigenvalue weighted by atomic mass is 9.84. The number of Topliss-reactive ketones (excluding diaryl/α,β-unsaturated/α-hetero) is 1. The number of hydrogen-bond donors (Lipinski definition) is 1. The predicted octanol–water partition coefficient (Wildman–Crippen LogP) is 4.30. The summed E-state index contributed by atoms with van der Waals surface area (Å²) >= 11 is 7.04. The Hall–Kier alpha value is -1.99. The van der Waals surface area contributed by atoms with E-state index in [2.05, 4.69) is 9.98 Å². The van der Waals surface area contributed by atoms with E-state index in [0.717, 1.165) is 0 Å². The van der Waals surface area contributed by atoms with Crippen LogP contribution in [0, 0.1) is 11.7 Å². The number of alkyl halides is 1. The van der Waals surface area contributed by atoms with Gasteiger partial charge in [-0.2, -0.15) is 0 Å². The van der Waals surface area contributed by atoms with Crippen molar-refractivity contribution in [3.8, 4) is 0 Å². The molecule has 2 aliphatic rings. The Morgan fingerprint density at radius 3 is 2.86 bits per heavy atom. The Kier molecular flexibility index (Phi) is 4.70. The quantitative estimate of drug-likeness (QED) is 0.730. The number of aliphatic imine (C=N–C) groups is 1. The molecule has 0 amide bonds. The van der Waals surface area contributed by atoms with E-state index < -0.39 is 22.8 Å². The molecule has 2 N–H and O–H groups in total. The maximum Gasteiger partial charge on any atom is 0.185 e. The molecule has 28 heavy (non-hydrogen) atoms. The highest BCUT2D eigenvalue weighted by atomic mass is 35.5. The number of fused-ring (bicyclic) bond motifs is 1. The molecule has 0 unspecified atom stereocenters. The van der Waals surface area contributed by atoms with Gasteiger partial charge in [-0.3, -0.25) is 14.8 Å². The lowest BCUT2D eigenvalue weighted by Crippen LogP contribution is -2.36. The molecule has 0 radical (unpaired) electrons. The number of hydrogen-bond acceptors (Lipinski definition) is 5. The SMILES string of the molecule is C[C@]1(c2cc(CC(=O)c3ccc(Cl)cn3)ccc2F)N=C(N)S[C@@]2(CF)C[C@H]21. The standard InChI is InChI=1S/C20H18ClF2N3OS/c1-19(17-8-20(17,10-22)28-18(24)26-19)13-6-11(2-4-14(13)23)7-16(27)15-5-3-12(21)9-25-15/h2-6,9,17H,7-8,10H2,1H3,(H2,24,26)/t17-,19+,20+/m0/s1. The van der Waals surface area contributed by atoms with Gasteiger partial charge in [0.1, 0.15) is 18.2 Å². The number of nitrogens with two attached hydrogens (primary N) is 1. The number of carbonyl (C=O) groups excluding carboxylic acids is 1. The summed E-state index contributed by atoms with van der Waals surface area (Å²) in [6.07, 6.45) is 2.06. The van der Waals surface area contributed by atoms with Crippen molar-refractivity contribution in [3.63, 3.8) is 0 Å². The smallest absolute Gasteiger partial charge is 0.185 e. The van der Waals surface area contributed by atoms with Gasteiger partial charge in [0.05, 0.1) is 15.3 Å². The maximum atomic E-state index is 14.7. The van der Waals surface area contributed by atoms with E-state index in [1.165, 1.54) is 24.0 Å². The molecule has 0 spiro atoms. The summed E-state index contributed by atoms with van der Waals surface area (Å²) in [7, 11) is 0. The van der Waals surface area contributed by atoms with Crippen LogP contribution in [0.3, 0.4) is 0 Å². The molecule has 2 aromatic rings. The van der Waals surface area contributed by atoms with Gasteiger partial charge in [0.25, 0.3) is 0 Å². The van der Waals surface area contributed by atoms with Crippen molar-refractivity contribution in [1.29, 1.82) is 0 Å². The van der Waals surface area contributed by atoms with Gasteiger partial charge in [-0.25, -0.2) is 8.78 Å². The molecule has 0 saturated heterocycles. The van der Waals surface area contributed by atoms with Crippen LogP contribution in [0.1, 0.15) is 35.0 Å². The Morgan fingerprint density at radius 1 is 1.39 bits per heavy atom. The molecular weight excluding hydrogens is 404 g/mol. The summed E-state index contributed by atoms with van der Waals surface area (Å²) in [6, 6.07) is 7.68. The maximum absolute atomic E-state index is 14.7. The molecule has 4 rings (SSSR count). The first-order chi connectivity index (χ1) is 13.3. The number of aromatic nitrogens is 1. The van der Waals surface area contributed by atoms with Gasteiger partial charge in [0.2, 0.25) is 0 Å². The minimum atomic E-state index is -0.955. The van der Waals surface area contributed by atoms with E-state index in [1.54, 1.807) is 31.2 Å². The third-order valence-electron chi connectivity index (χ3n) is 5.53. The summed E-state index contributed by atoms with van der Waals surface area (Å²) in [5.74, 6) is -0.779. The van der Waals surface area contributed by atoms with Crippen molar-refractivity contribution < 1.29 is 13.6 Å². The van der Waals surface area contributed by atoms with Crippen LogP contribution in [-0.2, 0) is 12.0 Å². The van der Waals surface area contributed by atoms with Crippen LogP contribution in [0.15, 0.2) is 41.5 Å². The Labute approximate surface area is 170 Å². The minimum absolute atomic E-state index is 0.0604. The predicted molar refractivity (Wildman–Crippen MR) is 107 cm³/mol. The van der Waals surface area contributed by atoms with Gasteiger partial charge < -0.3 is 5.73 Å². The number of thioether (sulfide) groups is 1. The molecule has 1 aromatic carbocycles. The average Bonchev–Trinajstić information content (AvgIpc) is 3.39. The first kappa shape index (κ1) is 19.3. The van der Waals surface area contributed by atoms with Crippen LogP contribution in [0.25, 0.3) is 0 Å². The van der Waals surface area contributed by atoms with Gasteiger partial charge in [-0.15, -0.1) is 0 Å². The highest BCUT2D eigenvalue weighted by Gasteiger charge is 2.66. The third kappa shape index (κ3) is 3.20. The largest absolute Gasteiger partial charge is 0.378 e. The molecular formula is C20H18ClF2N3OS. The molecule has 1 aliphatic heterocycles. The van der Waals surface area contributed by atoms with Crippen LogP contribution >= 0.6 is 23.4 Å². The fraction of sp³-hybridized carbons (Fsp3) is 0.350. The van der Waals surface area contributed by atoms with Gasteiger partial charge in [0, 0.05) is 24.1 Å². The number of nitrogens with zero attached hydrogens (tertiary/aromatic N) is 2. The second-order valence-electron chi connectivity index (χ2n) is 7.43. The summed E-state index contributed by atoms with van der Waals surface area (Å²) < 4.78 is 27.7. The van der Waals surface area contributed by atoms with Gasteiger partial charge in [-0.1, -0.05) is 29.4 Å². The molecule has 8 heteroatoms. The normalized spacial score (nSPS) is 28.4. The highest BCUT2D eigenvalue weighted by Crippen LogP contribution is 2.66. The number of ketones is 1. The van der Waals surface area contributed by atoms with Crippen LogP contribution in [0.4, 0.5) is 8.78 Å². The molecule has 146 valence electrons. The number of carbonyl (C=O) groups is 1. The Morgan fingerprint density at radius 2 is 2.18 bits per heavy atom. The third-order valence-corrected chi connectivity index (χ3v) is 7.02. The Bertz CT molecular complexity index is 984. The van der Waals surface area contributed by atoms with Crippen molar-refractivity contribution >= 4 is 34.3 Å². The molecule has 4 nitrogen and oxygen atoms in total. The van der Waals surface area contributed by atoms with Crippen molar-refractivity contribution in [1.82, 2.24) is 4.98 Å². The van der Waals surface area contributed by atoms with Crippen LogP contribution < -0.4 is 5.73 Å². The van der Waals surface area contributed by atoms with Gasteiger partial charge >= 0.3 is 0 Å². The van der Waals surface area contributed by atoms with E-state index in [-0.39, 0.29) is 29.0 Å². The molecule has 0 bridgehead atoms. The summed E-state index contributed by atoms with van der Waals surface area (Å²) in [5, 5.41) is 0.708. The van der Waals surface area contributed by atoms with E-state index >= 15 is 0 Å². The van der Waals surface area contributed by atoms with E-state index in [4.69, 9.17) is 17.3 Å². The number of halogens is 3. The summed E-state index contributed by atoms with van der Waals surface area (Å²) in [5.41, 5.74) is 6.24. The zero-order valence-corrected chi connectivity index (χ0v) is 16.7. The number of pyridine rings is 1. The molecule has 1 saturated carbocycles. The van der Waals surface area contributed by atoms with Gasteiger partial charge in [0.15, 0.2) is 11.0 Å². The topological polar surface area (TPSA) is 68.3 Å². The fourth-order valence-corrected chi connectivity index (χ4v) is 5.40. The zero-order valence-electron chi connectivity index (χ0n) is 15.1. The lowest BCUT2D eigenvalue weighted by Gasteiger charge is -2.33. The fourth-order valence-electron chi connectivity index (χ4n) is 3.96. The zero-order chi connectivity index (χ0) is 20.1. The average molecular weight is 422 g/mol. The second-order valence-corrected chi connectivity index (χ2v) is 9.30. The van der Waals surface area contributed by atoms with Crippen molar-refractivity contribution in [3.05, 3.63) is 64.2 Å². The Balaban J connectivity index is 1.65. The molecule has 3 atom stereocenters.